The van der Waals surface area contributed by atoms with Crippen LogP contribution in [0.2, 0.25) is 0 Å². The van der Waals surface area contributed by atoms with Gasteiger partial charge in [-0.05, 0) is 47.7 Å². The van der Waals surface area contributed by atoms with E-state index in [-0.39, 0.29) is 0 Å². The predicted octanol–water partition coefficient (Wildman–Crippen LogP) is 6.51. The summed E-state index contributed by atoms with van der Waals surface area (Å²) < 4.78 is 6.27. The maximum absolute atomic E-state index is 6.27. The molecule has 0 bridgehead atoms. The van der Waals surface area contributed by atoms with E-state index in [1.807, 2.05) is 0 Å². The molecule has 1 aromatic heterocycles. The van der Waals surface area contributed by atoms with E-state index in [2.05, 4.69) is 74.5 Å². The fourth-order valence-electron chi connectivity index (χ4n) is 3.71. The summed E-state index contributed by atoms with van der Waals surface area (Å²) in [5, 5.41) is 7.44. The molecule has 0 aliphatic carbocycles. The quantitative estimate of drug-likeness (QED) is 0.317. The Morgan fingerprint density at radius 2 is 1.48 bits per heavy atom. The lowest BCUT2D eigenvalue weighted by atomic mass is 9.98. The molecule has 5 rings (SSSR count). The van der Waals surface area contributed by atoms with Crippen molar-refractivity contribution in [2.45, 2.75) is 13.8 Å². The van der Waals surface area contributed by atoms with Gasteiger partial charge >= 0.3 is 0 Å². The standard InChI is InChI=1S/C22H16O/c1-13-7-8-15-9-10-20-21(18(15)11-13)19-12-14(2)16-5-3-4-6-17(16)22(19)23-20/h3-12H,1-2H3. The molecule has 110 valence electrons. The highest BCUT2D eigenvalue weighted by atomic mass is 16.3. The Morgan fingerprint density at radius 1 is 0.696 bits per heavy atom. The minimum Gasteiger partial charge on any atom is -0.455 e. The Hall–Kier alpha value is -2.80. The molecular weight excluding hydrogens is 280 g/mol. The van der Waals surface area contributed by atoms with Crippen LogP contribution in [0.1, 0.15) is 11.1 Å². The number of benzene rings is 4. The number of hydrogen-bond donors (Lipinski definition) is 0. The van der Waals surface area contributed by atoms with Crippen molar-refractivity contribution in [3.05, 3.63) is 71.8 Å². The van der Waals surface area contributed by atoms with E-state index in [4.69, 9.17) is 4.42 Å². The first-order valence-electron chi connectivity index (χ1n) is 7.96. The summed E-state index contributed by atoms with van der Waals surface area (Å²) in [6, 6.07) is 21.6. The lowest BCUT2D eigenvalue weighted by Gasteiger charge is -2.04. The summed E-state index contributed by atoms with van der Waals surface area (Å²) in [6.45, 7) is 4.32. The molecule has 0 radical (unpaired) electrons. The number of furan rings is 1. The van der Waals surface area contributed by atoms with E-state index in [1.54, 1.807) is 0 Å². The molecule has 23 heavy (non-hydrogen) atoms. The maximum atomic E-state index is 6.27. The van der Waals surface area contributed by atoms with Crippen LogP contribution in [0.5, 0.6) is 0 Å². The lowest BCUT2D eigenvalue weighted by molar-refractivity contribution is 0.673. The van der Waals surface area contributed by atoms with Crippen LogP contribution in [0.4, 0.5) is 0 Å². The van der Waals surface area contributed by atoms with E-state index in [9.17, 15) is 0 Å². The number of hydrogen-bond acceptors (Lipinski definition) is 1. The average molecular weight is 296 g/mol. The molecular formula is C22H16O. The zero-order valence-electron chi connectivity index (χ0n) is 13.2. The van der Waals surface area contributed by atoms with E-state index in [1.165, 1.54) is 43.4 Å². The first kappa shape index (κ1) is 12.7. The molecule has 0 saturated heterocycles. The van der Waals surface area contributed by atoms with Crippen LogP contribution >= 0.6 is 0 Å². The van der Waals surface area contributed by atoms with Crippen molar-refractivity contribution in [3.8, 4) is 0 Å². The molecule has 5 aromatic rings. The third-order valence-electron chi connectivity index (χ3n) is 4.82. The van der Waals surface area contributed by atoms with Crippen LogP contribution < -0.4 is 0 Å². The van der Waals surface area contributed by atoms with Crippen molar-refractivity contribution in [1.82, 2.24) is 0 Å². The average Bonchev–Trinajstić information content (AvgIpc) is 2.94. The van der Waals surface area contributed by atoms with Gasteiger partial charge in [-0.1, -0.05) is 54.1 Å². The Kier molecular flexibility index (Phi) is 2.41. The molecule has 1 nitrogen and oxygen atoms in total. The van der Waals surface area contributed by atoms with Gasteiger partial charge < -0.3 is 4.42 Å². The summed E-state index contributed by atoms with van der Waals surface area (Å²) in [5.41, 5.74) is 4.53. The first-order valence-corrected chi connectivity index (χ1v) is 7.96. The van der Waals surface area contributed by atoms with Crippen LogP contribution in [-0.4, -0.2) is 0 Å². The molecule has 0 N–H and O–H groups in total. The van der Waals surface area contributed by atoms with Gasteiger partial charge in [-0.15, -0.1) is 0 Å². The lowest BCUT2D eigenvalue weighted by Crippen LogP contribution is -1.80. The molecule has 0 fully saturated rings. The minimum atomic E-state index is 0.967. The fourth-order valence-corrected chi connectivity index (χ4v) is 3.71. The van der Waals surface area contributed by atoms with Crippen LogP contribution in [-0.2, 0) is 0 Å². The van der Waals surface area contributed by atoms with Crippen molar-refractivity contribution in [2.24, 2.45) is 0 Å². The van der Waals surface area contributed by atoms with E-state index in [0.717, 1.165) is 11.2 Å². The van der Waals surface area contributed by atoms with Gasteiger partial charge in [-0.25, -0.2) is 0 Å². The summed E-state index contributed by atoms with van der Waals surface area (Å²) >= 11 is 0. The number of rotatable bonds is 0. The van der Waals surface area contributed by atoms with Crippen molar-refractivity contribution >= 4 is 43.5 Å². The molecule has 0 aliphatic rings. The molecule has 1 heterocycles. The third kappa shape index (κ3) is 1.68. The van der Waals surface area contributed by atoms with Crippen LogP contribution in [0.25, 0.3) is 43.5 Å². The fraction of sp³-hybridized carbons (Fsp3) is 0.0909. The highest BCUT2D eigenvalue weighted by molar-refractivity contribution is 6.23. The van der Waals surface area contributed by atoms with Gasteiger partial charge in [0, 0.05) is 16.2 Å². The van der Waals surface area contributed by atoms with Crippen LogP contribution in [0, 0.1) is 13.8 Å². The minimum absolute atomic E-state index is 0.967. The molecule has 1 heteroatoms. The highest BCUT2D eigenvalue weighted by Crippen LogP contribution is 2.39. The Labute approximate surface area is 134 Å². The van der Waals surface area contributed by atoms with Gasteiger partial charge in [-0.2, -0.15) is 0 Å². The van der Waals surface area contributed by atoms with Gasteiger partial charge in [0.15, 0.2) is 0 Å². The smallest absolute Gasteiger partial charge is 0.143 e. The predicted molar refractivity (Wildman–Crippen MR) is 98.2 cm³/mol. The second-order valence-corrected chi connectivity index (χ2v) is 6.38. The van der Waals surface area contributed by atoms with Crippen molar-refractivity contribution in [3.63, 3.8) is 0 Å². The monoisotopic (exact) mass is 296 g/mol. The van der Waals surface area contributed by atoms with Crippen molar-refractivity contribution in [2.75, 3.05) is 0 Å². The molecule has 0 unspecified atom stereocenters. The molecule has 0 aliphatic heterocycles. The molecule has 4 aromatic carbocycles. The van der Waals surface area contributed by atoms with Crippen molar-refractivity contribution in [1.29, 1.82) is 0 Å². The summed E-state index contributed by atoms with van der Waals surface area (Å²) in [7, 11) is 0. The van der Waals surface area contributed by atoms with Gasteiger partial charge in [0.05, 0.1) is 0 Å². The van der Waals surface area contributed by atoms with Crippen LogP contribution in [0.3, 0.4) is 0 Å². The highest BCUT2D eigenvalue weighted by Gasteiger charge is 2.14. The van der Waals surface area contributed by atoms with E-state index in [0.29, 0.717) is 0 Å². The summed E-state index contributed by atoms with van der Waals surface area (Å²) in [6.07, 6.45) is 0. The number of fused-ring (bicyclic) bond motifs is 7. The van der Waals surface area contributed by atoms with Gasteiger partial charge in [0.2, 0.25) is 0 Å². The largest absolute Gasteiger partial charge is 0.455 e. The van der Waals surface area contributed by atoms with Crippen LogP contribution in [0.15, 0.2) is 65.1 Å². The zero-order valence-corrected chi connectivity index (χ0v) is 13.2. The Balaban J connectivity index is 2.11. The second kappa shape index (κ2) is 4.36. The Morgan fingerprint density at radius 3 is 2.35 bits per heavy atom. The molecule has 0 amide bonds. The maximum Gasteiger partial charge on any atom is 0.143 e. The van der Waals surface area contributed by atoms with Gasteiger partial charge in [-0.3, -0.25) is 0 Å². The van der Waals surface area contributed by atoms with Gasteiger partial charge in [0.1, 0.15) is 11.2 Å². The number of aryl methyl sites for hydroxylation is 2. The molecule has 0 atom stereocenters. The Bertz CT molecular complexity index is 1220. The van der Waals surface area contributed by atoms with E-state index < -0.39 is 0 Å². The second-order valence-electron chi connectivity index (χ2n) is 6.38. The summed E-state index contributed by atoms with van der Waals surface area (Å²) in [5.74, 6) is 0. The first-order chi connectivity index (χ1) is 11.2. The van der Waals surface area contributed by atoms with Gasteiger partial charge in [0.25, 0.3) is 0 Å². The molecule has 0 spiro atoms. The summed E-state index contributed by atoms with van der Waals surface area (Å²) in [4.78, 5) is 0. The molecule has 0 saturated carbocycles. The SMILES string of the molecule is Cc1ccc2ccc3oc4c5ccccc5c(C)cc4c3c2c1. The normalized spacial score (nSPS) is 11.9. The zero-order chi connectivity index (χ0) is 15.6. The third-order valence-corrected chi connectivity index (χ3v) is 4.82. The topological polar surface area (TPSA) is 13.1 Å². The van der Waals surface area contributed by atoms with Crippen molar-refractivity contribution < 1.29 is 4.42 Å². The van der Waals surface area contributed by atoms with E-state index >= 15 is 0 Å².